The van der Waals surface area contributed by atoms with Crippen LogP contribution in [0.4, 0.5) is 0 Å². The Labute approximate surface area is 135 Å². The van der Waals surface area contributed by atoms with Crippen LogP contribution >= 0.6 is 23.2 Å². The van der Waals surface area contributed by atoms with Crippen LogP contribution in [-0.2, 0) is 13.0 Å². The number of hydrogen-bond donors (Lipinski definition) is 0. The largest absolute Gasteiger partial charge is 0.495 e. The smallest absolute Gasteiger partial charge is 0.141 e. The van der Waals surface area contributed by atoms with Gasteiger partial charge in [-0.3, -0.25) is 4.68 Å². The Morgan fingerprint density at radius 3 is 2.62 bits per heavy atom. The fraction of sp³-hybridized carbons (Fsp3) is 0.467. The van der Waals surface area contributed by atoms with Crippen molar-refractivity contribution in [1.29, 1.82) is 0 Å². The number of nitrogens with zero attached hydrogens (tertiary/aromatic N) is 3. The van der Waals surface area contributed by atoms with Crippen LogP contribution in [-0.4, -0.2) is 22.1 Å². The molecular formula is C15H19Cl2N3O. The third-order valence-electron chi connectivity index (χ3n) is 3.54. The van der Waals surface area contributed by atoms with E-state index in [2.05, 4.69) is 17.2 Å². The number of aryl methyl sites for hydroxylation is 1. The lowest BCUT2D eigenvalue weighted by Gasteiger charge is -2.18. The maximum atomic E-state index is 6.22. The first kappa shape index (κ1) is 16.1. The lowest BCUT2D eigenvalue weighted by Crippen LogP contribution is -2.05. The van der Waals surface area contributed by atoms with Crippen molar-refractivity contribution in [2.45, 2.75) is 39.2 Å². The average Bonchev–Trinajstić information content (AvgIpc) is 2.91. The average molecular weight is 328 g/mol. The van der Waals surface area contributed by atoms with Crippen LogP contribution in [0.15, 0.2) is 18.3 Å². The van der Waals surface area contributed by atoms with Crippen LogP contribution in [0.3, 0.4) is 0 Å². The summed E-state index contributed by atoms with van der Waals surface area (Å²) in [7, 11) is 1.62. The van der Waals surface area contributed by atoms with Crippen molar-refractivity contribution >= 4 is 23.2 Å². The summed E-state index contributed by atoms with van der Waals surface area (Å²) in [6.45, 7) is 4.98. The molecule has 0 saturated heterocycles. The summed E-state index contributed by atoms with van der Waals surface area (Å²) in [5.74, 6) is 0.925. The molecule has 0 saturated carbocycles. The molecule has 0 fully saturated rings. The minimum atomic E-state index is 0.234. The lowest BCUT2D eigenvalue weighted by atomic mass is 9.91. The van der Waals surface area contributed by atoms with E-state index in [0.29, 0.717) is 15.8 Å². The number of aromatic nitrogens is 3. The molecule has 1 aromatic heterocycles. The van der Waals surface area contributed by atoms with E-state index >= 15 is 0 Å². The van der Waals surface area contributed by atoms with Gasteiger partial charge in [0.15, 0.2) is 0 Å². The van der Waals surface area contributed by atoms with Crippen molar-refractivity contribution < 1.29 is 4.74 Å². The van der Waals surface area contributed by atoms with E-state index in [1.54, 1.807) is 13.2 Å². The van der Waals surface area contributed by atoms with Gasteiger partial charge in [0.05, 0.1) is 17.8 Å². The number of halogens is 2. The number of rotatable bonds is 6. The molecule has 0 bridgehead atoms. The lowest BCUT2D eigenvalue weighted by molar-refractivity contribution is 0.404. The Morgan fingerprint density at radius 1 is 1.29 bits per heavy atom. The van der Waals surface area contributed by atoms with Gasteiger partial charge in [-0.1, -0.05) is 35.3 Å². The molecule has 1 atom stereocenters. The van der Waals surface area contributed by atoms with Gasteiger partial charge in [0.1, 0.15) is 5.75 Å². The molecule has 2 rings (SSSR count). The maximum absolute atomic E-state index is 6.22. The van der Waals surface area contributed by atoms with E-state index < -0.39 is 0 Å². The first-order chi connectivity index (χ1) is 10.1. The molecule has 6 heteroatoms. The molecule has 0 N–H and O–H groups in total. The second-order valence-electron chi connectivity index (χ2n) is 4.88. The fourth-order valence-electron chi connectivity index (χ4n) is 2.41. The summed E-state index contributed by atoms with van der Waals surface area (Å²) in [5, 5.41) is 9.44. The maximum Gasteiger partial charge on any atom is 0.141 e. The molecule has 0 aliphatic carbocycles. The van der Waals surface area contributed by atoms with E-state index in [1.807, 2.05) is 23.9 Å². The first-order valence-electron chi connectivity index (χ1n) is 7.00. The van der Waals surface area contributed by atoms with Gasteiger partial charge in [0, 0.05) is 29.7 Å². The van der Waals surface area contributed by atoms with E-state index in [1.165, 1.54) is 0 Å². The Bertz CT molecular complexity index is 613. The standard InChI is InChI=1S/C15H19Cl2N3O/c1-4-10(6-12-9-20(5-2)19-18-12)13-7-11(16)8-14(17)15(13)21-3/h7-10H,4-6H2,1-3H3. The highest BCUT2D eigenvalue weighted by atomic mass is 35.5. The topological polar surface area (TPSA) is 39.9 Å². The summed E-state index contributed by atoms with van der Waals surface area (Å²) >= 11 is 12.4. The molecule has 21 heavy (non-hydrogen) atoms. The van der Waals surface area contributed by atoms with Crippen LogP contribution in [0.2, 0.25) is 10.0 Å². The van der Waals surface area contributed by atoms with Gasteiger partial charge in [-0.25, -0.2) is 0 Å². The second-order valence-corrected chi connectivity index (χ2v) is 5.73. The van der Waals surface area contributed by atoms with E-state index in [-0.39, 0.29) is 5.92 Å². The van der Waals surface area contributed by atoms with Crippen LogP contribution < -0.4 is 4.74 Å². The molecule has 1 aromatic carbocycles. The Morgan fingerprint density at radius 2 is 2.05 bits per heavy atom. The highest BCUT2D eigenvalue weighted by Gasteiger charge is 2.19. The summed E-state index contributed by atoms with van der Waals surface area (Å²) in [4.78, 5) is 0. The van der Waals surface area contributed by atoms with E-state index in [4.69, 9.17) is 27.9 Å². The molecule has 0 spiro atoms. The monoisotopic (exact) mass is 327 g/mol. The van der Waals surface area contributed by atoms with Crippen LogP contribution in [0, 0.1) is 0 Å². The Hall–Kier alpha value is -1.26. The normalized spacial score (nSPS) is 12.4. The van der Waals surface area contributed by atoms with Gasteiger partial charge in [-0.15, -0.1) is 5.10 Å². The zero-order valence-corrected chi connectivity index (χ0v) is 13.9. The molecule has 0 amide bonds. The van der Waals surface area contributed by atoms with E-state index in [9.17, 15) is 0 Å². The summed E-state index contributed by atoms with van der Waals surface area (Å²) in [5.41, 5.74) is 1.98. The molecule has 114 valence electrons. The molecular weight excluding hydrogens is 309 g/mol. The predicted octanol–water partition coefficient (Wildman–Crippen LogP) is 4.35. The molecule has 2 aromatic rings. The van der Waals surface area contributed by atoms with Crippen LogP contribution in [0.5, 0.6) is 5.75 Å². The van der Waals surface area contributed by atoms with Gasteiger partial charge in [0.25, 0.3) is 0 Å². The third-order valence-corrected chi connectivity index (χ3v) is 4.04. The number of ether oxygens (including phenoxy) is 1. The predicted molar refractivity (Wildman–Crippen MR) is 85.4 cm³/mol. The first-order valence-corrected chi connectivity index (χ1v) is 7.76. The molecule has 0 aliphatic rings. The van der Waals surface area contributed by atoms with Crippen molar-refractivity contribution in [3.63, 3.8) is 0 Å². The molecule has 0 radical (unpaired) electrons. The highest BCUT2D eigenvalue weighted by Crippen LogP contribution is 2.38. The zero-order chi connectivity index (χ0) is 15.4. The molecule has 1 unspecified atom stereocenters. The SMILES string of the molecule is CCC(Cc1cn(CC)nn1)c1cc(Cl)cc(Cl)c1OC. The molecule has 1 heterocycles. The summed E-state index contributed by atoms with van der Waals surface area (Å²) in [6.07, 6.45) is 3.69. The van der Waals surface area contributed by atoms with Crippen LogP contribution in [0.25, 0.3) is 0 Å². The van der Waals surface area contributed by atoms with Crippen molar-refractivity contribution in [3.8, 4) is 5.75 Å². The van der Waals surface area contributed by atoms with Crippen molar-refractivity contribution in [2.75, 3.05) is 7.11 Å². The van der Waals surface area contributed by atoms with Gasteiger partial charge in [0.2, 0.25) is 0 Å². The highest BCUT2D eigenvalue weighted by molar-refractivity contribution is 6.35. The van der Waals surface area contributed by atoms with Gasteiger partial charge >= 0.3 is 0 Å². The Balaban J connectivity index is 2.32. The number of hydrogen-bond acceptors (Lipinski definition) is 3. The zero-order valence-electron chi connectivity index (χ0n) is 12.4. The number of methoxy groups -OCH3 is 1. The quantitative estimate of drug-likeness (QED) is 0.791. The third kappa shape index (κ3) is 3.69. The molecule has 4 nitrogen and oxygen atoms in total. The number of benzene rings is 1. The minimum absolute atomic E-state index is 0.234. The van der Waals surface area contributed by atoms with Gasteiger partial charge in [-0.2, -0.15) is 0 Å². The summed E-state index contributed by atoms with van der Waals surface area (Å²) < 4.78 is 7.27. The van der Waals surface area contributed by atoms with Crippen LogP contribution in [0.1, 0.15) is 37.4 Å². The van der Waals surface area contributed by atoms with Crippen molar-refractivity contribution in [1.82, 2.24) is 15.0 Å². The van der Waals surface area contributed by atoms with Crippen molar-refractivity contribution in [2.24, 2.45) is 0 Å². The fourth-order valence-corrected chi connectivity index (χ4v) is 3.00. The minimum Gasteiger partial charge on any atom is -0.495 e. The van der Waals surface area contributed by atoms with Crippen molar-refractivity contribution in [3.05, 3.63) is 39.6 Å². The summed E-state index contributed by atoms with van der Waals surface area (Å²) in [6, 6.07) is 3.62. The van der Waals surface area contributed by atoms with Gasteiger partial charge in [-0.05, 0) is 31.4 Å². The molecule has 0 aliphatic heterocycles. The van der Waals surface area contributed by atoms with E-state index in [0.717, 1.165) is 30.6 Å². The Kier molecular flexibility index (Phi) is 5.48. The van der Waals surface area contributed by atoms with Gasteiger partial charge < -0.3 is 4.74 Å². The second kappa shape index (κ2) is 7.14.